The van der Waals surface area contributed by atoms with Crippen LogP contribution in [0.2, 0.25) is 5.02 Å². The summed E-state index contributed by atoms with van der Waals surface area (Å²) in [6.45, 7) is 1.73. The molecule has 2 aromatic heterocycles. The third-order valence-electron chi connectivity index (χ3n) is 8.57. The zero-order valence-corrected chi connectivity index (χ0v) is 21.4. The molecule has 39 heavy (non-hydrogen) atoms. The van der Waals surface area contributed by atoms with E-state index >= 15 is 0 Å². The molecule has 4 aromatic rings. The smallest absolute Gasteiger partial charge is 0.290 e. The maximum atomic E-state index is 14.0. The van der Waals surface area contributed by atoms with E-state index in [4.69, 9.17) is 20.9 Å². The Morgan fingerprint density at radius 1 is 1.15 bits per heavy atom. The van der Waals surface area contributed by atoms with E-state index in [2.05, 4.69) is 11.1 Å². The fourth-order valence-electron chi connectivity index (χ4n) is 6.79. The topological polar surface area (TPSA) is 139 Å². The van der Waals surface area contributed by atoms with E-state index in [0.717, 1.165) is 4.90 Å². The SMILES string of the molecule is C[C@@]12O[C@@](CCn3oc4ccc(Cl)cc4c3=O)(C[C@H]1O)[C@@H]1C(=O)N(c3ccc(C#N)c4ncccc34)C(=O)[C@@H]12. The number of rotatable bonds is 4. The van der Waals surface area contributed by atoms with Crippen LogP contribution >= 0.6 is 11.6 Å². The second-order valence-electron chi connectivity index (χ2n) is 10.6. The molecule has 3 saturated heterocycles. The highest BCUT2D eigenvalue weighted by atomic mass is 35.5. The molecule has 0 radical (unpaired) electrons. The van der Waals surface area contributed by atoms with Crippen LogP contribution in [0.4, 0.5) is 5.69 Å². The molecule has 2 aromatic carbocycles. The van der Waals surface area contributed by atoms with Gasteiger partial charge in [0.2, 0.25) is 11.8 Å². The standard InChI is InChI=1S/C28H21ClN4O6/c1-27-20(34)12-28(39-27,8-10-32-24(35)17-11-15(29)5-7-19(17)38-32)22-21(27)25(36)33(26(22)37)18-6-4-14(13-30)23-16(18)3-2-9-31-23/h2-7,9,11,20-22,34H,8,10,12H2,1H3/t20-,21-,22+,27-,28+/m1/s1. The Morgan fingerprint density at radius 3 is 2.74 bits per heavy atom. The molecule has 3 fully saturated rings. The molecule has 10 nitrogen and oxygen atoms in total. The fourth-order valence-corrected chi connectivity index (χ4v) is 6.96. The largest absolute Gasteiger partial charge is 0.390 e. The average Bonchev–Trinajstić information content (AvgIpc) is 3.57. The van der Waals surface area contributed by atoms with Gasteiger partial charge in [-0.05, 0) is 55.8 Å². The van der Waals surface area contributed by atoms with E-state index in [1.807, 2.05) is 0 Å². The van der Waals surface area contributed by atoms with Crippen molar-refractivity contribution >= 4 is 51.0 Å². The number of ether oxygens (including phenoxy) is 1. The molecule has 0 saturated carbocycles. The highest BCUT2D eigenvalue weighted by molar-refractivity contribution is 6.31. The van der Waals surface area contributed by atoms with Crippen molar-refractivity contribution in [2.24, 2.45) is 11.8 Å². The van der Waals surface area contributed by atoms with Gasteiger partial charge in [-0.25, -0.2) is 4.90 Å². The van der Waals surface area contributed by atoms with E-state index in [1.54, 1.807) is 43.5 Å². The second kappa shape index (κ2) is 7.99. The van der Waals surface area contributed by atoms with Gasteiger partial charge < -0.3 is 14.4 Å². The summed E-state index contributed by atoms with van der Waals surface area (Å²) in [5.74, 6) is -2.70. The summed E-state index contributed by atoms with van der Waals surface area (Å²) in [4.78, 5) is 46.3. The number of pyridine rings is 1. The predicted octanol–water partition coefficient (Wildman–Crippen LogP) is 3.16. The minimum absolute atomic E-state index is 0.0718. The summed E-state index contributed by atoms with van der Waals surface area (Å²) in [6.07, 6.45) is 0.857. The van der Waals surface area contributed by atoms with Crippen LogP contribution < -0.4 is 10.5 Å². The van der Waals surface area contributed by atoms with E-state index < -0.39 is 41.0 Å². The van der Waals surface area contributed by atoms with Gasteiger partial charge in [0.15, 0.2) is 5.58 Å². The molecule has 0 unspecified atom stereocenters. The number of aromatic nitrogens is 2. The first-order valence-electron chi connectivity index (χ1n) is 12.5. The lowest BCUT2D eigenvalue weighted by atomic mass is 9.66. The first-order valence-corrected chi connectivity index (χ1v) is 12.9. The molecule has 3 aliphatic rings. The number of aliphatic hydroxyl groups is 1. The van der Waals surface area contributed by atoms with Crippen LogP contribution in [0.5, 0.6) is 0 Å². The second-order valence-corrected chi connectivity index (χ2v) is 11.0. The number of amides is 2. The highest BCUT2D eigenvalue weighted by Gasteiger charge is 2.77. The molecule has 5 heterocycles. The Hall–Kier alpha value is -4.04. The van der Waals surface area contributed by atoms with Crippen molar-refractivity contribution in [3.63, 3.8) is 0 Å². The third-order valence-corrected chi connectivity index (χ3v) is 8.80. The molecule has 1 N–H and O–H groups in total. The van der Waals surface area contributed by atoms with E-state index in [-0.39, 0.29) is 24.9 Å². The molecule has 196 valence electrons. The van der Waals surface area contributed by atoms with Crippen LogP contribution in [0.15, 0.2) is 58.0 Å². The molecule has 7 rings (SSSR count). The average molecular weight is 545 g/mol. The summed E-state index contributed by atoms with van der Waals surface area (Å²) < 4.78 is 13.3. The zero-order valence-electron chi connectivity index (χ0n) is 20.6. The van der Waals surface area contributed by atoms with Crippen molar-refractivity contribution in [2.45, 2.75) is 43.6 Å². The number of carbonyl (C=O) groups is 2. The molecule has 2 amide bonds. The van der Waals surface area contributed by atoms with Gasteiger partial charge in [-0.15, -0.1) is 0 Å². The van der Waals surface area contributed by atoms with Gasteiger partial charge in [-0.2, -0.15) is 10.0 Å². The van der Waals surface area contributed by atoms with Gasteiger partial charge in [-0.3, -0.25) is 19.4 Å². The van der Waals surface area contributed by atoms with E-state index in [9.17, 15) is 24.8 Å². The molecule has 5 atom stereocenters. The predicted molar refractivity (Wildman–Crippen MR) is 139 cm³/mol. The molecule has 2 bridgehead atoms. The summed E-state index contributed by atoms with van der Waals surface area (Å²) in [5.41, 5.74) is -1.40. The number of carbonyl (C=O) groups excluding carboxylic acids is 2. The number of halogens is 1. The molecular weight excluding hydrogens is 524 g/mol. The first-order chi connectivity index (χ1) is 18.7. The number of aryl methyl sites for hydroxylation is 1. The summed E-state index contributed by atoms with van der Waals surface area (Å²) in [6, 6.07) is 13.4. The highest BCUT2D eigenvalue weighted by Crippen LogP contribution is 2.62. The Labute approximate surface area is 225 Å². The van der Waals surface area contributed by atoms with Gasteiger partial charge in [0.1, 0.15) is 11.7 Å². The lowest BCUT2D eigenvalue weighted by Gasteiger charge is -2.33. The van der Waals surface area contributed by atoms with Gasteiger partial charge in [0.25, 0.3) is 5.56 Å². The molecular formula is C28H21ClN4O6. The van der Waals surface area contributed by atoms with E-state index in [0.29, 0.717) is 38.1 Å². The molecule has 0 aliphatic carbocycles. The number of hydrogen-bond donors (Lipinski definition) is 1. The third kappa shape index (κ3) is 3.09. The normalized spacial score (nSPS) is 29.5. The van der Waals surface area contributed by atoms with Gasteiger partial charge in [-0.1, -0.05) is 11.6 Å². The number of anilines is 1. The maximum Gasteiger partial charge on any atom is 0.290 e. The lowest BCUT2D eigenvalue weighted by molar-refractivity contribution is -0.134. The number of nitriles is 1. The number of fused-ring (bicyclic) bond motifs is 7. The van der Waals surface area contributed by atoms with Crippen molar-refractivity contribution < 1.29 is 24.0 Å². The number of hydrogen-bond acceptors (Lipinski definition) is 8. The number of nitrogens with zero attached hydrogens (tertiary/aromatic N) is 4. The van der Waals surface area contributed by atoms with E-state index in [1.165, 1.54) is 16.9 Å². The lowest BCUT2D eigenvalue weighted by Crippen LogP contribution is -2.49. The van der Waals surface area contributed by atoms with Crippen LogP contribution in [-0.2, 0) is 20.9 Å². The minimum Gasteiger partial charge on any atom is -0.390 e. The Kier molecular flexibility index (Phi) is 4.92. The Morgan fingerprint density at radius 2 is 1.95 bits per heavy atom. The minimum atomic E-state index is -1.28. The number of benzene rings is 2. The van der Waals surface area contributed by atoms with Crippen LogP contribution in [0, 0.1) is 23.2 Å². The summed E-state index contributed by atoms with van der Waals surface area (Å²) >= 11 is 6.04. The monoisotopic (exact) mass is 544 g/mol. The fraction of sp³-hybridized carbons (Fsp3) is 0.321. The maximum absolute atomic E-state index is 14.0. The van der Waals surface area contributed by atoms with Gasteiger partial charge in [0, 0.05) is 23.0 Å². The van der Waals surface area contributed by atoms with Crippen molar-refractivity contribution in [3.8, 4) is 6.07 Å². The Balaban J connectivity index is 1.28. The van der Waals surface area contributed by atoms with Crippen molar-refractivity contribution in [1.29, 1.82) is 5.26 Å². The molecule has 3 aliphatic heterocycles. The van der Waals surface area contributed by atoms with Crippen LogP contribution in [0.1, 0.15) is 25.3 Å². The van der Waals surface area contributed by atoms with Gasteiger partial charge in [0.05, 0.1) is 52.2 Å². The quantitative estimate of drug-likeness (QED) is 0.387. The molecule has 0 spiro atoms. The van der Waals surface area contributed by atoms with Crippen LogP contribution in [-0.4, -0.2) is 44.0 Å². The summed E-state index contributed by atoms with van der Waals surface area (Å²) in [7, 11) is 0. The van der Waals surface area contributed by atoms with Crippen molar-refractivity contribution in [3.05, 3.63) is 69.6 Å². The van der Waals surface area contributed by atoms with Crippen molar-refractivity contribution in [2.75, 3.05) is 4.90 Å². The van der Waals surface area contributed by atoms with Crippen LogP contribution in [0.3, 0.4) is 0 Å². The Bertz CT molecular complexity index is 1840. The van der Waals surface area contributed by atoms with Crippen molar-refractivity contribution in [1.82, 2.24) is 9.72 Å². The zero-order chi connectivity index (χ0) is 27.3. The number of aliphatic hydroxyl groups excluding tert-OH is 1. The van der Waals surface area contributed by atoms with Gasteiger partial charge >= 0.3 is 0 Å². The first kappa shape index (κ1) is 24.0. The molecule has 11 heteroatoms. The summed E-state index contributed by atoms with van der Waals surface area (Å²) in [5, 5.41) is 21.8. The van der Waals surface area contributed by atoms with Crippen LogP contribution in [0.25, 0.3) is 21.9 Å². The number of imide groups is 1.